The number of rotatable bonds is 6. The fourth-order valence-electron chi connectivity index (χ4n) is 2.97. The van der Waals surface area contributed by atoms with Gasteiger partial charge < -0.3 is 14.5 Å². The minimum Gasteiger partial charge on any atom is -0.496 e. The van der Waals surface area contributed by atoms with Gasteiger partial charge in [-0.3, -0.25) is 14.9 Å². The Morgan fingerprint density at radius 2 is 1.59 bits per heavy atom. The normalized spacial score (nSPS) is 10.4. The Labute approximate surface area is 188 Å². The van der Waals surface area contributed by atoms with E-state index in [9.17, 15) is 9.59 Å². The number of hydrogen-bond acceptors (Lipinski definition) is 6. The molecule has 4 rings (SSSR count). The van der Waals surface area contributed by atoms with Crippen LogP contribution >= 0.6 is 11.6 Å². The van der Waals surface area contributed by atoms with Crippen molar-refractivity contribution in [2.24, 2.45) is 0 Å². The molecule has 0 spiro atoms. The fourth-order valence-corrected chi connectivity index (χ4v) is 3.15. The molecule has 32 heavy (non-hydrogen) atoms. The lowest BCUT2D eigenvalue weighted by molar-refractivity contribution is 0.102. The smallest absolute Gasteiger partial charge is 0.322 e. The number of para-hydroxylation sites is 1. The molecule has 160 valence electrons. The molecule has 1 heterocycles. The highest BCUT2D eigenvalue weighted by atomic mass is 35.5. The maximum Gasteiger partial charge on any atom is 0.322 e. The van der Waals surface area contributed by atoms with E-state index in [0.717, 1.165) is 5.56 Å². The Hall–Kier alpha value is -4.17. The third-order valence-corrected chi connectivity index (χ3v) is 4.73. The highest BCUT2D eigenvalue weighted by Gasteiger charge is 2.19. The Balaban J connectivity index is 1.54. The van der Waals surface area contributed by atoms with Crippen molar-refractivity contribution >= 4 is 35.1 Å². The van der Waals surface area contributed by atoms with Crippen molar-refractivity contribution in [1.29, 1.82) is 0 Å². The van der Waals surface area contributed by atoms with E-state index in [-0.39, 0.29) is 23.0 Å². The molecule has 4 aromatic rings. The van der Waals surface area contributed by atoms with Gasteiger partial charge in [0, 0.05) is 10.6 Å². The third-order valence-electron chi connectivity index (χ3n) is 4.49. The van der Waals surface area contributed by atoms with Gasteiger partial charge in [0.2, 0.25) is 5.89 Å². The van der Waals surface area contributed by atoms with Crippen LogP contribution in [0.5, 0.6) is 5.75 Å². The van der Waals surface area contributed by atoms with Crippen LogP contribution in [0.25, 0.3) is 11.5 Å². The summed E-state index contributed by atoms with van der Waals surface area (Å²) >= 11 is 6.02. The van der Waals surface area contributed by atoms with Gasteiger partial charge >= 0.3 is 6.01 Å². The lowest BCUT2D eigenvalue weighted by Crippen LogP contribution is -2.19. The molecule has 0 aliphatic heterocycles. The molecular formula is C23H17ClN4O4. The molecule has 0 bridgehead atoms. The van der Waals surface area contributed by atoms with Crippen molar-refractivity contribution in [3.05, 3.63) is 88.9 Å². The second-order valence-electron chi connectivity index (χ2n) is 6.58. The van der Waals surface area contributed by atoms with E-state index in [4.69, 9.17) is 20.8 Å². The summed E-state index contributed by atoms with van der Waals surface area (Å²) in [6.07, 6.45) is 0. The van der Waals surface area contributed by atoms with E-state index in [2.05, 4.69) is 20.8 Å². The number of carbonyl (C=O) groups excluding carboxylic acids is 2. The molecule has 0 saturated carbocycles. The first kappa shape index (κ1) is 21.1. The summed E-state index contributed by atoms with van der Waals surface area (Å²) in [5.74, 6) is -0.375. The number of halogens is 1. The molecular weight excluding hydrogens is 432 g/mol. The first-order chi connectivity index (χ1) is 15.5. The highest BCUT2D eigenvalue weighted by Crippen LogP contribution is 2.25. The van der Waals surface area contributed by atoms with Gasteiger partial charge in [-0.2, -0.15) is 0 Å². The van der Waals surface area contributed by atoms with Crippen molar-refractivity contribution in [2.45, 2.75) is 0 Å². The van der Waals surface area contributed by atoms with Crippen LogP contribution in [0.3, 0.4) is 0 Å². The number of ether oxygens (including phenoxy) is 1. The van der Waals surface area contributed by atoms with E-state index in [1.54, 1.807) is 36.4 Å². The van der Waals surface area contributed by atoms with Gasteiger partial charge in [0.25, 0.3) is 11.8 Å². The monoisotopic (exact) mass is 448 g/mol. The zero-order chi connectivity index (χ0) is 22.5. The zero-order valence-electron chi connectivity index (χ0n) is 16.8. The van der Waals surface area contributed by atoms with Gasteiger partial charge in [-0.25, -0.2) is 0 Å². The maximum atomic E-state index is 12.8. The summed E-state index contributed by atoms with van der Waals surface area (Å²) in [5.41, 5.74) is 1.46. The minimum atomic E-state index is -0.526. The van der Waals surface area contributed by atoms with Gasteiger partial charge in [-0.15, -0.1) is 5.10 Å². The number of aromatic nitrogens is 2. The minimum absolute atomic E-state index is 0.0634. The number of methoxy groups -OCH3 is 1. The molecule has 1 aromatic heterocycles. The predicted octanol–water partition coefficient (Wildman–Crippen LogP) is 4.90. The van der Waals surface area contributed by atoms with Crippen LogP contribution in [0.15, 0.2) is 77.2 Å². The van der Waals surface area contributed by atoms with E-state index in [1.807, 2.05) is 30.3 Å². The highest BCUT2D eigenvalue weighted by molar-refractivity contribution is 6.31. The van der Waals surface area contributed by atoms with Crippen molar-refractivity contribution in [3.8, 4) is 17.2 Å². The lowest BCUT2D eigenvalue weighted by Gasteiger charge is -2.12. The van der Waals surface area contributed by atoms with Gasteiger partial charge in [0.1, 0.15) is 5.75 Å². The van der Waals surface area contributed by atoms with Crippen LogP contribution in [-0.2, 0) is 0 Å². The molecule has 0 fully saturated rings. The second-order valence-corrected chi connectivity index (χ2v) is 7.01. The van der Waals surface area contributed by atoms with Crippen LogP contribution in [0.4, 0.5) is 11.7 Å². The lowest BCUT2D eigenvalue weighted by atomic mass is 10.1. The Morgan fingerprint density at radius 3 is 2.38 bits per heavy atom. The molecule has 3 aromatic carbocycles. The van der Waals surface area contributed by atoms with Crippen molar-refractivity contribution in [2.75, 3.05) is 17.7 Å². The number of nitrogens with zero attached hydrogens (tertiary/aromatic N) is 2. The van der Waals surface area contributed by atoms with Crippen LogP contribution in [0, 0.1) is 0 Å². The van der Waals surface area contributed by atoms with E-state index >= 15 is 0 Å². The van der Waals surface area contributed by atoms with E-state index in [1.165, 1.54) is 13.2 Å². The fraction of sp³-hybridized carbons (Fsp3) is 0.0435. The van der Waals surface area contributed by atoms with Crippen LogP contribution in [0.1, 0.15) is 20.7 Å². The topological polar surface area (TPSA) is 106 Å². The Kier molecular flexibility index (Phi) is 6.14. The van der Waals surface area contributed by atoms with Gasteiger partial charge in [-0.05, 0) is 42.5 Å². The first-order valence-corrected chi connectivity index (χ1v) is 9.87. The number of benzene rings is 3. The van der Waals surface area contributed by atoms with Crippen molar-refractivity contribution in [3.63, 3.8) is 0 Å². The number of nitrogens with one attached hydrogen (secondary N) is 2. The third kappa shape index (κ3) is 4.60. The summed E-state index contributed by atoms with van der Waals surface area (Å²) < 4.78 is 10.8. The molecule has 9 heteroatoms. The summed E-state index contributed by atoms with van der Waals surface area (Å²) in [5, 5.41) is 13.5. The standard InChI is InChI=1S/C23H17ClN4O4/c1-31-19-12-11-15(24)13-17(19)21(30)25-18-10-6-5-9-16(18)20(29)26-23-28-27-22(32-23)14-7-3-2-4-8-14/h2-13H,1H3,(H,25,30)(H,26,28,29). The Morgan fingerprint density at radius 1 is 0.875 bits per heavy atom. The molecule has 0 aliphatic rings. The van der Waals surface area contributed by atoms with Gasteiger partial charge in [0.05, 0.1) is 23.9 Å². The summed E-state index contributed by atoms with van der Waals surface area (Å²) in [6.45, 7) is 0. The summed E-state index contributed by atoms with van der Waals surface area (Å²) in [6, 6.07) is 20.3. The average molecular weight is 449 g/mol. The molecule has 2 N–H and O–H groups in total. The molecule has 0 atom stereocenters. The summed E-state index contributed by atoms with van der Waals surface area (Å²) in [7, 11) is 1.45. The summed E-state index contributed by atoms with van der Waals surface area (Å²) in [4.78, 5) is 25.7. The van der Waals surface area contributed by atoms with Crippen LogP contribution in [0.2, 0.25) is 5.02 Å². The number of hydrogen-bond donors (Lipinski definition) is 2. The number of carbonyl (C=O) groups is 2. The molecule has 0 aliphatic carbocycles. The van der Waals surface area contributed by atoms with Crippen molar-refractivity contribution in [1.82, 2.24) is 10.2 Å². The maximum absolute atomic E-state index is 12.8. The van der Waals surface area contributed by atoms with E-state index < -0.39 is 11.8 Å². The Bertz CT molecular complexity index is 1270. The second kappa shape index (κ2) is 9.32. The first-order valence-electron chi connectivity index (χ1n) is 9.49. The van der Waals surface area contributed by atoms with Gasteiger partial charge in [0.15, 0.2) is 0 Å². The molecule has 0 saturated heterocycles. The van der Waals surface area contributed by atoms with Crippen LogP contribution in [-0.4, -0.2) is 29.1 Å². The molecule has 2 amide bonds. The molecule has 0 unspecified atom stereocenters. The largest absolute Gasteiger partial charge is 0.496 e. The van der Waals surface area contributed by atoms with E-state index in [0.29, 0.717) is 16.5 Å². The van der Waals surface area contributed by atoms with Gasteiger partial charge in [-0.1, -0.05) is 47.0 Å². The number of amides is 2. The predicted molar refractivity (Wildman–Crippen MR) is 120 cm³/mol. The molecule has 0 radical (unpaired) electrons. The quantitative estimate of drug-likeness (QED) is 0.434. The van der Waals surface area contributed by atoms with Crippen LogP contribution < -0.4 is 15.4 Å². The van der Waals surface area contributed by atoms with Crippen molar-refractivity contribution < 1.29 is 18.7 Å². The zero-order valence-corrected chi connectivity index (χ0v) is 17.6. The number of anilines is 2. The average Bonchev–Trinajstić information content (AvgIpc) is 3.28. The SMILES string of the molecule is COc1ccc(Cl)cc1C(=O)Nc1ccccc1C(=O)Nc1nnc(-c2ccccc2)o1. The molecule has 8 nitrogen and oxygen atoms in total.